The number of rotatable bonds is 0. The minimum atomic E-state index is 0.125. The van der Waals surface area contributed by atoms with Crippen molar-refractivity contribution in [2.75, 3.05) is 0 Å². The first-order chi connectivity index (χ1) is 11.3. The van der Waals surface area contributed by atoms with Gasteiger partial charge in [0.2, 0.25) is 0 Å². The van der Waals surface area contributed by atoms with Crippen molar-refractivity contribution >= 4 is 27.3 Å². The molecule has 0 amide bonds. The van der Waals surface area contributed by atoms with Gasteiger partial charge in [0.05, 0.1) is 0 Å². The maximum absolute atomic E-state index is 13.1. The molecule has 1 aliphatic carbocycles. The Bertz CT molecular complexity index is 1110. The Balaban J connectivity index is 2.00. The maximum atomic E-state index is 13.1. The predicted molar refractivity (Wildman–Crippen MR) is 93.8 cm³/mol. The lowest BCUT2D eigenvalue weighted by Gasteiger charge is -2.22. The Labute approximate surface area is 134 Å². The summed E-state index contributed by atoms with van der Waals surface area (Å²) in [5.41, 5.74) is 3.67. The number of hydrogen-bond donors (Lipinski definition) is 0. The summed E-state index contributed by atoms with van der Waals surface area (Å²) in [5.74, 6) is 0.125. The number of fused-ring (bicyclic) bond motifs is 7. The fourth-order valence-corrected chi connectivity index (χ4v) is 3.68. The number of ketones is 1. The molecule has 4 aromatic rings. The van der Waals surface area contributed by atoms with Crippen LogP contribution in [0.1, 0.15) is 27.0 Å². The van der Waals surface area contributed by atoms with Crippen molar-refractivity contribution in [2.24, 2.45) is 0 Å². The van der Waals surface area contributed by atoms with E-state index in [0.717, 1.165) is 38.4 Å². The average molecular weight is 293 g/mol. The van der Waals surface area contributed by atoms with Gasteiger partial charge >= 0.3 is 0 Å². The standard InChI is InChI=1S/C22H13O/c23-22-15-8-2-1-7-14(15)13-20-18-11-4-3-9-16(18)17-10-5-6-12-19(17)21(20)22/h1-13H. The SMILES string of the molecule is O=C1c2ccccc2[CH]c2c1c1ccccc1c1ccccc21. The van der Waals surface area contributed by atoms with Gasteiger partial charge in [-0.25, -0.2) is 0 Å². The van der Waals surface area contributed by atoms with Gasteiger partial charge in [0, 0.05) is 17.5 Å². The Morgan fingerprint density at radius 1 is 0.565 bits per heavy atom. The molecular weight excluding hydrogens is 280 g/mol. The molecule has 23 heavy (non-hydrogen) atoms. The van der Waals surface area contributed by atoms with Crippen LogP contribution >= 0.6 is 0 Å². The summed E-state index contributed by atoms with van der Waals surface area (Å²) in [6.45, 7) is 0. The summed E-state index contributed by atoms with van der Waals surface area (Å²) in [4.78, 5) is 13.1. The molecule has 1 heteroatoms. The van der Waals surface area contributed by atoms with Gasteiger partial charge in [-0.3, -0.25) is 4.79 Å². The highest BCUT2D eigenvalue weighted by molar-refractivity contribution is 6.26. The first-order valence-corrected chi connectivity index (χ1v) is 7.76. The average Bonchev–Trinajstić information content (AvgIpc) is 2.62. The van der Waals surface area contributed by atoms with Gasteiger partial charge in [-0.15, -0.1) is 0 Å². The van der Waals surface area contributed by atoms with E-state index in [1.54, 1.807) is 0 Å². The van der Waals surface area contributed by atoms with Crippen LogP contribution in [0.15, 0.2) is 72.8 Å². The summed E-state index contributed by atoms with van der Waals surface area (Å²) >= 11 is 0. The second kappa shape index (κ2) is 4.53. The highest BCUT2D eigenvalue weighted by Gasteiger charge is 2.27. The molecule has 0 aliphatic heterocycles. The molecule has 1 nitrogen and oxygen atoms in total. The van der Waals surface area contributed by atoms with E-state index in [1.807, 2.05) is 42.5 Å². The van der Waals surface area contributed by atoms with Crippen molar-refractivity contribution in [1.29, 1.82) is 0 Å². The molecule has 5 rings (SSSR count). The lowest BCUT2D eigenvalue weighted by Crippen LogP contribution is -2.14. The summed E-state index contributed by atoms with van der Waals surface area (Å²) < 4.78 is 0. The van der Waals surface area contributed by atoms with E-state index in [-0.39, 0.29) is 5.78 Å². The summed E-state index contributed by atoms with van der Waals surface area (Å²) in [6.07, 6.45) is 2.15. The van der Waals surface area contributed by atoms with Crippen molar-refractivity contribution in [3.63, 3.8) is 0 Å². The summed E-state index contributed by atoms with van der Waals surface area (Å²) in [6, 6.07) is 24.4. The molecule has 0 spiro atoms. The molecule has 0 bridgehead atoms. The van der Waals surface area contributed by atoms with E-state index in [4.69, 9.17) is 0 Å². The zero-order chi connectivity index (χ0) is 15.4. The van der Waals surface area contributed by atoms with Gasteiger partial charge in [-0.05, 0) is 32.7 Å². The maximum Gasteiger partial charge on any atom is 0.194 e. The van der Waals surface area contributed by atoms with Gasteiger partial charge in [-0.1, -0.05) is 72.8 Å². The first kappa shape index (κ1) is 12.6. The lowest BCUT2D eigenvalue weighted by atomic mass is 9.79. The quantitative estimate of drug-likeness (QED) is 0.361. The van der Waals surface area contributed by atoms with Crippen LogP contribution in [0.5, 0.6) is 0 Å². The molecule has 1 radical (unpaired) electrons. The van der Waals surface area contributed by atoms with Gasteiger partial charge in [-0.2, -0.15) is 0 Å². The largest absolute Gasteiger partial charge is 0.289 e. The minimum Gasteiger partial charge on any atom is -0.289 e. The van der Waals surface area contributed by atoms with Crippen molar-refractivity contribution in [3.05, 3.63) is 101 Å². The van der Waals surface area contributed by atoms with E-state index in [1.165, 1.54) is 5.39 Å². The fourth-order valence-electron chi connectivity index (χ4n) is 3.68. The van der Waals surface area contributed by atoms with Crippen LogP contribution in [-0.4, -0.2) is 5.78 Å². The Hall–Kier alpha value is -2.93. The minimum absolute atomic E-state index is 0.125. The first-order valence-electron chi connectivity index (χ1n) is 7.76. The molecule has 1 aliphatic rings. The third kappa shape index (κ3) is 1.65. The molecule has 0 fully saturated rings. The van der Waals surface area contributed by atoms with E-state index in [2.05, 4.69) is 36.8 Å². The fraction of sp³-hybridized carbons (Fsp3) is 0. The predicted octanol–water partition coefficient (Wildman–Crippen LogP) is 5.14. The van der Waals surface area contributed by atoms with E-state index in [9.17, 15) is 4.79 Å². The molecule has 4 aromatic carbocycles. The number of carbonyl (C=O) groups is 1. The summed E-state index contributed by atoms with van der Waals surface area (Å²) in [7, 11) is 0. The van der Waals surface area contributed by atoms with Gasteiger partial charge < -0.3 is 0 Å². The van der Waals surface area contributed by atoms with Crippen molar-refractivity contribution in [2.45, 2.75) is 0 Å². The zero-order valence-electron chi connectivity index (χ0n) is 12.4. The Morgan fingerprint density at radius 3 is 1.91 bits per heavy atom. The van der Waals surface area contributed by atoms with E-state index < -0.39 is 0 Å². The third-order valence-electron chi connectivity index (χ3n) is 4.71. The molecular formula is C22H13O. The molecule has 0 unspecified atom stereocenters. The van der Waals surface area contributed by atoms with Crippen LogP contribution in [0.2, 0.25) is 0 Å². The van der Waals surface area contributed by atoms with Crippen LogP contribution in [0.4, 0.5) is 0 Å². The van der Waals surface area contributed by atoms with Crippen LogP contribution in [0.25, 0.3) is 21.5 Å². The van der Waals surface area contributed by atoms with Gasteiger partial charge in [0.15, 0.2) is 5.78 Å². The smallest absolute Gasteiger partial charge is 0.194 e. The van der Waals surface area contributed by atoms with Crippen molar-refractivity contribution in [1.82, 2.24) is 0 Å². The topological polar surface area (TPSA) is 17.1 Å². The van der Waals surface area contributed by atoms with Crippen molar-refractivity contribution in [3.8, 4) is 0 Å². The zero-order valence-corrected chi connectivity index (χ0v) is 12.4. The van der Waals surface area contributed by atoms with E-state index >= 15 is 0 Å². The lowest BCUT2D eigenvalue weighted by molar-refractivity contribution is 0.103. The number of carbonyl (C=O) groups excluding carboxylic acids is 1. The molecule has 0 saturated carbocycles. The monoisotopic (exact) mass is 293 g/mol. The van der Waals surface area contributed by atoms with Gasteiger partial charge in [0.1, 0.15) is 0 Å². The van der Waals surface area contributed by atoms with Gasteiger partial charge in [0.25, 0.3) is 0 Å². The molecule has 0 atom stereocenters. The molecule has 0 saturated heterocycles. The molecule has 0 N–H and O–H groups in total. The molecule has 0 aromatic heterocycles. The molecule has 107 valence electrons. The highest BCUT2D eigenvalue weighted by atomic mass is 16.1. The third-order valence-corrected chi connectivity index (χ3v) is 4.71. The Morgan fingerprint density at radius 2 is 1.13 bits per heavy atom. The second-order valence-corrected chi connectivity index (χ2v) is 5.94. The van der Waals surface area contributed by atoms with E-state index in [0.29, 0.717) is 0 Å². The van der Waals surface area contributed by atoms with Crippen LogP contribution in [0.3, 0.4) is 0 Å². The van der Waals surface area contributed by atoms with Crippen LogP contribution < -0.4 is 0 Å². The normalized spacial score (nSPS) is 13.1. The van der Waals surface area contributed by atoms with Crippen molar-refractivity contribution < 1.29 is 4.79 Å². The Kier molecular flexibility index (Phi) is 2.48. The van der Waals surface area contributed by atoms with Crippen LogP contribution in [0, 0.1) is 6.42 Å². The number of hydrogen-bond acceptors (Lipinski definition) is 1. The van der Waals surface area contributed by atoms with Crippen LogP contribution in [-0.2, 0) is 0 Å². The number of benzene rings is 4. The second-order valence-electron chi connectivity index (χ2n) is 5.94. The molecule has 0 heterocycles. The highest BCUT2D eigenvalue weighted by Crippen LogP contribution is 2.39. The summed E-state index contributed by atoms with van der Waals surface area (Å²) in [5, 5.41) is 4.52.